The monoisotopic (exact) mass is 237 g/mol. The number of hydrogen-bond acceptors (Lipinski definition) is 3. The first-order valence-electron chi connectivity index (χ1n) is 6.60. The van der Waals surface area contributed by atoms with E-state index in [2.05, 4.69) is 0 Å². The highest BCUT2D eigenvalue weighted by atomic mass is 16.3. The van der Waals surface area contributed by atoms with Gasteiger partial charge in [-0.05, 0) is 37.5 Å². The fourth-order valence-electron chi connectivity index (χ4n) is 4.22. The number of aliphatic hydroxyl groups is 1. The standard InChI is InChI=1S/C13H19NO3/c1-14-12(16)8-4-2-3-7-10(15)6-5-9(11(7)8)13(14)17/h7-11,15H,2-6H2,1H3. The van der Waals surface area contributed by atoms with Crippen molar-refractivity contribution in [1.82, 2.24) is 4.90 Å². The molecule has 1 aliphatic heterocycles. The zero-order chi connectivity index (χ0) is 12.2. The minimum absolute atomic E-state index is 0.0172. The number of rotatable bonds is 0. The molecule has 17 heavy (non-hydrogen) atoms. The summed E-state index contributed by atoms with van der Waals surface area (Å²) in [7, 11) is 1.61. The van der Waals surface area contributed by atoms with Crippen molar-refractivity contribution in [2.24, 2.45) is 23.7 Å². The van der Waals surface area contributed by atoms with Crippen LogP contribution in [0.1, 0.15) is 32.1 Å². The lowest BCUT2D eigenvalue weighted by Gasteiger charge is -2.51. The molecule has 3 rings (SSSR count). The van der Waals surface area contributed by atoms with Gasteiger partial charge in [-0.15, -0.1) is 0 Å². The molecular formula is C13H19NO3. The van der Waals surface area contributed by atoms with E-state index in [1.165, 1.54) is 4.90 Å². The Kier molecular flexibility index (Phi) is 2.51. The molecule has 2 amide bonds. The van der Waals surface area contributed by atoms with Gasteiger partial charge in [0.1, 0.15) is 0 Å². The van der Waals surface area contributed by atoms with E-state index in [9.17, 15) is 14.7 Å². The molecule has 4 nitrogen and oxygen atoms in total. The highest BCUT2D eigenvalue weighted by Gasteiger charge is 2.54. The van der Waals surface area contributed by atoms with Crippen LogP contribution in [0, 0.1) is 23.7 Å². The second-order valence-electron chi connectivity index (χ2n) is 5.77. The predicted molar refractivity (Wildman–Crippen MR) is 60.8 cm³/mol. The topological polar surface area (TPSA) is 57.6 Å². The molecule has 1 saturated heterocycles. The average molecular weight is 237 g/mol. The van der Waals surface area contributed by atoms with E-state index in [1.807, 2.05) is 0 Å². The minimum Gasteiger partial charge on any atom is -0.393 e. The summed E-state index contributed by atoms with van der Waals surface area (Å²) in [6.45, 7) is 0. The summed E-state index contributed by atoms with van der Waals surface area (Å²) >= 11 is 0. The van der Waals surface area contributed by atoms with Gasteiger partial charge in [0.25, 0.3) is 0 Å². The van der Waals surface area contributed by atoms with Crippen molar-refractivity contribution < 1.29 is 14.7 Å². The third-order valence-electron chi connectivity index (χ3n) is 5.04. The molecule has 0 aromatic rings. The van der Waals surface area contributed by atoms with E-state index < -0.39 is 0 Å². The Morgan fingerprint density at radius 1 is 1.06 bits per heavy atom. The molecule has 0 aromatic heterocycles. The SMILES string of the molecule is CN1C(=O)C2CCCC3C(O)CCC(C1=O)C23. The van der Waals surface area contributed by atoms with Crippen molar-refractivity contribution in [3.8, 4) is 0 Å². The fraction of sp³-hybridized carbons (Fsp3) is 0.846. The van der Waals surface area contributed by atoms with Gasteiger partial charge in [-0.3, -0.25) is 14.5 Å². The molecule has 2 aliphatic carbocycles. The van der Waals surface area contributed by atoms with Gasteiger partial charge in [0.2, 0.25) is 11.8 Å². The smallest absolute Gasteiger partial charge is 0.232 e. The minimum atomic E-state index is -0.303. The molecule has 0 bridgehead atoms. The molecule has 4 heteroatoms. The van der Waals surface area contributed by atoms with Crippen molar-refractivity contribution >= 4 is 11.8 Å². The quantitative estimate of drug-likeness (QED) is 0.634. The van der Waals surface area contributed by atoms with Gasteiger partial charge in [0.15, 0.2) is 0 Å². The second-order valence-corrected chi connectivity index (χ2v) is 5.77. The Hall–Kier alpha value is -0.900. The molecule has 1 heterocycles. The van der Waals surface area contributed by atoms with E-state index in [4.69, 9.17) is 0 Å². The lowest BCUT2D eigenvalue weighted by molar-refractivity contribution is -0.168. The number of carbonyl (C=O) groups excluding carboxylic acids is 2. The summed E-state index contributed by atoms with van der Waals surface area (Å²) < 4.78 is 0. The van der Waals surface area contributed by atoms with E-state index >= 15 is 0 Å². The number of imide groups is 1. The number of nitrogens with zero attached hydrogens (tertiary/aromatic N) is 1. The lowest BCUT2D eigenvalue weighted by atomic mass is 9.58. The number of likely N-dealkylation sites (tertiary alicyclic amines) is 1. The van der Waals surface area contributed by atoms with Crippen LogP contribution in [-0.2, 0) is 9.59 Å². The van der Waals surface area contributed by atoms with Gasteiger partial charge < -0.3 is 5.11 Å². The molecule has 5 unspecified atom stereocenters. The normalized spacial score (nSPS) is 45.8. The van der Waals surface area contributed by atoms with Gasteiger partial charge in [-0.1, -0.05) is 6.42 Å². The second kappa shape index (κ2) is 3.80. The van der Waals surface area contributed by atoms with Crippen LogP contribution in [0.15, 0.2) is 0 Å². The Labute approximate surface area is 101 Å². The van der Waals surface area contributed by atoms with E-state index in [0.717, 1.165) is 25.7 Å². The van der Waals surface area contributed by atoms with E-state index in [1.54, 1.807) is 7.05 Å². The van der Waals surface area contributed by atoms with Gasteiger partial charge in [0.05, 0.1) is 6.10 Å². The van der Waals surface area contributed by atoms with E-state index in [-0.39, 0.29) is 41.6 Å². The Balaban J connectivity index is 1.98. The molecule has 0 spiro atoms. The molecule has 5 atom stereocenters. The van der Waals surface area contributed by atoms with Crippen LogP contribution in [-0.4, -0.2) is 35.0 Å². The van der Waals surface area contributed by atoms with Crippen molar-refractivity contribution in [3.63, 3.8) is 0 Å². The fourth-order valence-corrected chi connectivity index (χ4v) is 4.22. The summed E-state index contributed by atoms with van der Waals surface area (Å²) in [5.41, 5.74) is 0. The number of carbonyl (C=O) groups is 2. The van der Waals surface area contributed by atoms with Crippen molar-refractivity contribution in [1.29, 1.82) is 0 Å². The van der Waals surface area contributed by atoms with Crippen molar-refractivity contribution in [3.05, 3.63) is 0 Å². The third-order valence-corrected chi connectivity index (χ3v) is 5.04. The molecule has 0 aromatic carbocycles. The molecule has 3 fully saturated rings. The first-order chi connectivity index (χ1) is 8.11. The van der Waals surface area contributed by atoms with Gasteiger partial charge >= 0.3 is 0 Å². The summed E-state index contributed by atoms with van der Waals surface area (Å²) in [5.74, 6) is 0.218. The highest BCUT2D eigenvalue weighted by molar-refractivity contribution is 6.00. The Morgan fingerprint density at radius 3 is 2.41 bits per heavy atom. The first-order valence-corrected chi connectivity index (χ1v) is 6.60. The summed E-state index contributed by atoms with van der Waals surface area (Å²) in [5, 5.41) is 10.1. The van der Waals surface area contributed by atoms with Crippen molar-refractivity contribution in [2.45, 2.75) is 38.2 Å². The lowest BCUT2D eigenvalue weighted by Crippen LogP contribution is -2.59. The predicted octanol–water partition coefficient (Wildman–Crippen LogP) is 0.788. The van der Waals surface area contributed by atoms with Gasteiger partial charge in [0, 0.05) is 18.9 Å². The van der Waals surface area contributed by atoms with Crippen LogP contribution in [0.5, 0.6) is 0 Å². The number of piperidine rings is 1. The third kappa shape index (κ3) is 1.46. The maximum atomic E-state index is 12.1. The number of amides is 2. The Morgan fingerprint density at radius 2 is 1.71 bits per heavy atom. The van der Waals surface area contributed by atoms with Crippen LogP contribution >= 0.6 is 0 Å². The van der Waals surface area contributed by atoms with Crippen molar-refractivity contribution in [2.75, 3.05) is 7.05 Å². The van der Waals surface area contributed by atoms with Crippen LogP contribution in [0.3, 0.4) is 0 Å². The maximum absolute atomic E-state index is 12.1. The van der Waals surface area contributed by atoms with Gasteiger partial charge in [-0.2, -0.15) is 0 Å². The number of hydrogen-bond donors (Lipinski definition) is 1. The van der Waals surface area contributed by atoms with Crippen LogP contribution in [0.2, 0.25) is 0 Å². The summed E-state index contributed by atoms with van der Waals surface area (Å²) in [4.78, 5) is 25.6. The largest absolute Gasteiger partial charge is 0.393 e. The summed E-state index contributed by atoms with van der Waals surface area (Å²) in [6.07, 6.45) is 4.03. The maximum Gasteiger partial charge on any atom is 0.232 e. The highest BCUT2D eigenvalue weighted by Crippen LogP contribution is 2.50. The average Bonchev–Trinajstić information content (AvgIpc) is 2.35. The van der Waals surface area contributed by atoms with Gasteiger partial charge in [-0.25, -0.2) is 0 Å². The molecule has 1 N–H and O–H groups in total. The summed E-state index contributed by atoms with van der Waals surface area (Å²) in [6, 6.07) is 0. The van der Waals surface area contributed by atoms with Crippen LogP contribution in [0.4, 0.5) is 0 Å². The molecular weight excluding hydrogens is 218 g/mol. The first kappa shape index (κ1) is 11.2. The molecule has 0 radical (unpaired) electrons. The Bertz CT molecular complexity index is 350. The zero-order valence-corrected chi connectivity index (χ0v) is 10.1. The van der Waals surface area contributed by atoms with Crippen LogP contribution in [0.25, 0.3) is 0 Å². The van der Waals surface area contributed by atoms with Crippen LogP contribution < -0.4 is 0 Å². The zero-order valence-electron chi connectivity index (χ0n) is 10.1. The molecule has 94 valence electrons. The molecule has 2 saturated carbocycles. The number of aliphatic hydroxyl groups excluding tert-OH is 1. The van der Waals surface area contributed by atoms with E-state index in [0.29, 0.717) is 6.42 Å². The molecule has 3 aliphatic rings.